The number of aryl methyl sites for hydroxylation is 2. The molecule has 2 aromatic rings. The first-order valence-electron chi connectivity index (χ1n) is 7.84. The van der Waals surface area contributed by atoms with Crippen molar-refractivity contribution in [2.45, 2.75) is 19.4 Å². The van der Waals surface area contributed by atoms with E-state index in [1.165, 1.54) is 5.56 Å². The molecule has 0 saturated carbocycles. The predicted octanol–water partition coefficient (Wildman–Crippen LogP) is 1.47. The smallest absolute Gasteiger partial charge is 0.188 e. The Morgan fingerprint density at radius 2 is 2.04 bits per heavy atom. The first-order chi connectivity index (χ1) is 11.6. The number of guanidine groups is 1. The lowest BCUT2D eigenvalue weighted by atomic mass is 10.2. The van der Waals surface area contributed by atoms with Gasteiger partial charge in [-0.25, -0.2) is 4.99 Å². The molecule has 7 nitrogen and oxygen atoms in total. The van der Waals surface area contributed by atoms with Gasteiger partial charge in [-0.1, -0.05) is 6.07 Å². The van der Waals surface area contributed by atoms with Crippen molar-refractivity contribution in [3.8, 4) is 11.5 Å². The minimum absolute atomic E-state index is 0.441. The van der Waals surface area contributed by atoms with Crippen LogP contribution in [0.2, 0.25) is 0 Å². The van der Waals surface area contributed by atoms with E-state index in [1.54, 1.807) is 14.2 Å². The number of nitrogens with two attached hydrogens (primary N) is 1. The minimum Gasteiger partial charge on any atom is -0.493 e. The van der Waals surface area contributed by atoms with Crippen molar-refractivity contribution in [3.05, 3.63) is 41.7 Å². The van der Waals surface area contributed by atoms with E-state index in [-0.39, 0.29) is 0 Å². The molecule has 1 heterocycles. The molecule has 0 unspecified atom stereocenters. The molecular weight excluding hydrogens is 306 g/mol. The molecule has 0 spiro atoms. The van der Waals surface area contributed by atoms with Gasteiger partial charge in [0.25, 0.3) is 0 Å². The maximum atomic E-state index is 5.90. The Labute approximate surface area is 142 Å². The number of aromatic nitrogens is 2. The van der Waals surface area contributed by atoms with Crippen LogP contribution in [0.1, 0.15) is 17.5 Å². The lowest BCUT2D eigenvalue weighted by Gasteiger charge is -2.09. The highest BCUT2D eigenvalue weighted by molar-refractivity contribution is 5.77. The van der Waals surface area contributed by atoms with E-state index in [9.17, 15) is 0 Å². The van der Waals surface area contributed by atoms with Crippen molar-refractivity contribution in [1.29, 1.82) is 0 Å². The number of benzene rings is 1. The molecule has 0 atom stereocenters. The largest absolute Gasteiger partial charge is 0.493 e. The van der Waals surface area contributed by atoms with Crippen LogP contribution < -0.4 is 20.5 Å². The third-order valence-electron chi connectivity index (χ3n) is 3.59. The molecular formula is C17H25N5O2. The number of aliphatic imine (C=N–C) groups is 1. The number of methoxy groups -OCH3 is 2. The molecule has 7 heteroatoms. The number of hydrogen-bond acceptors (Lipinski definition) is 4. The topological polar surface area (TPSA) is 86.7 Å². The molecule has 0 bridgehead atoms. The Bertz CT molecular complexity index is 681. The van der Waals surface area contributed by atoms with Crippen LogP contribution in [-0.4, -0.2) is 36.5 Å². The number of hydrogen-bond donors (Lipinski definition) is 2. The Hall–Kier alpha value is -2.70. The molecule has 1 aromatic carbocycles. The van der Waals surface area contributed by atoms with Gasteiger partial charge in [0.1, 0.15) is 0 Å². The van der Waals surface area contributed by atoms with Gasteiger partial charge >= 0.3 is 0 Å². The number of nitrogens with one attached hydrogen (secondary N) is 1. The van der Waals surface area contributed by atoms with E-state index < -0.39 is 0 Å². The SMILES string of the molecule is COc1ccc(CN=C(N)NCCCc2cnn(C)c2)cc1OC. The number of rotatable bonds is 8. The average Bonchev–Trinajstić information content (AvgIpc) is 3.01. The van der Waals surface area contributed by atoms with Crippen molar-refractivity contribution in [2.24, 2.45) is 17.8 Å². The zero-order chi connectivity index (χ0) is 17.4. The highest BCUT2D eigenvalue weighted by atomic mass is 16.5. The van der Waals surface area contributed by atoms with Gasteiger partial charge < -0.3 is 20.5 Å². The normalized spacial score (nSPS) is 11.4. The van der Waals surface area contributed by atoms with Gasteiger partial charge in [-0.15, -0.1) is 0 Å². The second kappa shape index (κ2) is 8.81. The fraction of sp³-hybridized carbons (Fsp3) is 0.412. The van der Waals surface area contributed by atoms with Crippen LogP contribution in [0.3, 0.4) is 0 Å². The summed E-state index contributed by atoms with van der Waals surface area (Å²) in [6.45, 7) is 1.26. The summed E-state index contributed by atoms with van der Waals surface area (Å²) in [5.74, 6) is 1.83. The van der Waals surface area contributed by atoms with E-state index in [0.29, 0.717) is 24.0 Å². The standard InChI is InChI=1S/C17H25N5O2/c1-22-12-14(11-21-22)5-4-8-19-17(18)20-10-13-6-7-15(23-2)16(9-13)24-3/h6-7,9,11-12H,4-5,8,10H2,1-3H3,(H3,18,19,20). The molecule has 3 N–H and O–H groups in total. The molecule has 0 saturated heterocycles. The Kier molecular flexibility index (Phi) is 6.48. The van der Waals surface area contributed by atoms with Crippen LogP contribution in [0, 0.1) is 0 Å². The van der Waals surface area contributed by atoms with Crippen LogP contribution >= 0.6 is 0 Å². The van der Waals surface area contributed by atoms with Crippen LogP contribution in [0.5, 0.6) is 11.5 Å². The van der Waals surface area contributed by atoms with Crippen molar-refractivity contribution in [1.82, 2.24) is 15.1 Å². The minimum atomic E-state index is 0.441. The zero-order valence-corrected chi connectivity index (χ0v) is 14.5. The van der Waals surface area contributed by atoms with Crippen molar-refractivity contribution >= 4 is 5.96 Å². The summed E-state index contributed by atoms with van der Waals surface area (Å²) < 4.78 is 12.3. The summed E-state index contributed by atoms with van der Waals surface area (Å²) in [5, 5.41) is 7.27. The van der Waals surface area contributed by atoms with Crippen LogP contribution in [0.15, 0.2) is 35.6 Å². The first kappa shape index (κ1) is 17.7. The van der Waals surface area contributed by atoms with Crippen molar-refractivity contribution in [3.63, 3.8) is 0 Å². The van der Waals surface area contributed by atoms with Crippen LogP contribution in [-0.2, 0) is 20.0 Å². The van der Waals surface area contributed by atoms with E-state index in [2.05, 4.69) is 15.4 Å². The first-order valence-corrected chi connectivity index (χ1v) is 7.84. The van der Waals surface area contributed by atoms with Crippen LogP contribution in [0.25, 0.3) is 0 Å². The van der Waals surface area contributed by atoms with Gasteiger partial charge in [0, 0.05) is 19.8 Å². The summed E-state index contributed by atoms with van der Waals surface area (Å²) in [5.41, 5.74) is 8.13. The molecule has 0 radical (unpaired) electrons. The highest BCUT2D eigenvalue weighted by Gasteiger charge is 2.04. The zero-order valence-electron chi connectivity index (χ0n) is 14.5. The third kappa shape index (κ3) is 5.19. The molecule has 0 amide bonds. The predicted molar refractivity (Wildman–Crippen MR) is 94.4 cm³/mol. The molecule has 2 rings (SSSR count). The quantitative estimate of drug-likeness (QED) is 0.435. The molecule has 24 heavy (non-hydrogen) atoms. The van der Waals surface area contributed by atoms with Gasteiger partial charge in [-0.3, -0.25) is 4.68 Å². The van der Waals surface area contributed by atoms with Gasteiger partial charge in [-0.05, 0) is 36.1 Å². The molecule has 0 aliphatic heterocycles. The summed E-state index contributed by atoms with van der Waals surface area (Å²) in [6.07, 6.45) is 5.84. The summed E-state index contributed by atoms with van der Waals surface area (Å²) in [7, 11) is 5.15. The second-order valence-corrected chi connectivity index (χ2v) is 5.44. The van der Waals surface area contributed by atoms with E-state index >= 15 is 0 Å². The van der Waals surface area contributed by atoms with E-state index in [0.717, 1.165) is 24.9 Å². The Morgan fingerprint density at radius 3 is 2.71 bits per heavy atom. The number of ether oxygens (including phenoxy) is 2. The fourth-order valence-corrected chi connectivity index (χ4v) is 2.32. The molecule has 0 fully saturated rings. The van der Waals surface area contributed by atoms with E-state index in [4.69, 9.17) is 15.2 Å². The summed E-state index contributed by atoms with van der Waals surface area (Å²) in [6, 6.07) is 5.71. The second-order valence-electron chi connectivity index (χ2n) is 5.44. The molecule has 0 aliphatic rings. The summed E-state index contributed by atoms with van der Waals surface area (Å²) in [4.78, 5) is 4.34. The van der Waals surface area contributed by atoms with Crippen molar-refractivity contribution in [2.75, 3.05) is 20.8 Å². The highest BCUT2D eigenvalue weighted by Crippen LogP contribution is 2.27. The van der Waals surface area contributed by atoms with Gasteiger partial charge in [0.15, 0.2) is 17.5 Å². The fourth-order valence-electron chi connectivity index (χ4n) is 2.32. The molecule has 130 valence electrons. The monoisotopic (exact) mass is 331 g/mol. The Morgan fingerprint density at radius 1 is 1.25 bits per heavy atom. The van der Waals surface area contributed by atoms with Crippen molar-refractivity contribution < 1.29 is 9.47 Å². The maximum absolute atomic E-state index is 5.90. The number of nitrogens with zero attached hydrogens (tertiary/aromatic N) is 3. The molecule has 1 aromatic heterocycles. The van der Waals surface area contributed by atoms with Gasteiger partial charge in [-0.2, -0.15) is 5.10 Å². The maximum Gasteiger partial charge on any atom is 0.188 e. The van der Waals surface area contributed by atoms with Crippen LogP contribution in [0.4, 0.5) is 0 Å². The third-order valence-corrected chi connectivity index (χ3v) is 3.59. The van der Waals surface area contributed by atoms with E-state index in [1.807, 2.05) is 42.3 Å². The molecule has 0 aliphatic carbocycles. The van der Waals surface area contributed by atoms with Gasteiger partial charge in [0.2, 0.25) is 0 Å². The average molecular weight is 331 g/mol. The lowest BCUT2D eigenvalue weighted by Crippen LogP contribution is -2.32. The lowest BCUT2D eigenvalue weighted by molar-refractivity contribution is 0.354. The summed E-state index contributed by atoms with van der Waals surface area (Å²) >= 11 is 0. The Balaban J connectivity index is 1.77. The van der Waals surface area contributed by atoms with Gasteiger partial charge in [0.05, 0.1) is 27.0 Å².